The molecular weight excluding hydrogens is 194 g/mol. The quantitative estimate of drug-likeness (QED) is 0.713. The lowest BCUT2D eigenvalue weighted by Gasteiger charge is -2.32. The third-order valence-corrected chi connectivity index (χ3v) is 3.05. The third-order valence-electron chi connectivity index (χ3n) is 3.05. The van der Waals surface area contributed by atoms with E-state index >= 15 is 0 Å². The van der Waals surface area contributed by atoms with Crippen LogP contribution in [0.2, 0.25) is 0 Å². The molecule has 1 saturated carbocycles. The first-order valence-electron chi connectivity index (χ1n) is 5.62. The Morgan fingerprint density at radius 1 is 1.47 bits per heavy atom. The lowest BCUT2D eigenvalue weighted by molar-refractivity contribution is -0.159. The fraction of sp³-hybridized carbons (Fsp3) is 0.909. The number of methoxy groups -OCH3 is 1. The second-order valence-corrected chi connectivity index (χ2v) is 4.12. The Balaban J connectivity index is 2.43. The lowest BCUT2D eigenvalue weighted by atomic mass is 9.86. The molecule has 88 valence electrons. The number of rotatable bonds is 4. The van der Waals surface area contributed by atoms with E-state index in [2.05, 4.69) is 4.74 Å². The highest BCUT2D eigenvalue weighted by molar-refractivity contribution is 5.73. The highest BCUT2D eigenvalue weighted by Crippen LogP contribution is 2.27. The topological polar surface area (TPSA) is 61.5 Å². The average Bonchev–Trinajstić information content (AvgIpc) is 2.28. The first-order valence-corrected chi connectivity index (χ1v) is 5.62. The minimum Gasteiger partial charge on any atom is -0.467 e. The zero-order valence-electron chi connectivity index (χ0n) is 9.57. The summed E-state index contributed by atoms with van der Waals surface area (Å²) in [5, 5.41) is 0. The van der Waals surface area contributed by atoms with E-state index < -0.39 is 6.10 Å². The molecule has 2 N–H and O–H groups in total. The van der Waals surface area contributed by atoms with E-state index in [1.54, 1.807) is 6.92 Å². The summed E-state index contributed by atoms with van der Waals surface area (Å²) in [7, 11) is 1.38. The Hall–Kier alpha value is -0.610. The van der Waals surface area contributed by atoms with Crippen LogP contribution in [0.25, 0.3) is 0 Å². The Labute approximate surface area is 91.1 Å². The molecule has 4 nitrogen and oxygen atoms in total. The number of esters is 1. The van der Waals surface area contributed by atoms with E-state index in [0.717, 1.165) is 19.3 Å². The minimum absolute atomic E-state index is 0.123. The van der Waals surface area contributed by atoms with Gasteiger partial charge in [0.25, 0.3) is 0 Å². The number of nitrogens with two attached hydrogens (primary N) is 1. The molecule has 1 aliphatic rings. The minimum atomic E-state index is -0.479. The van der Waals surface area contributed by atoms with E-state index in [1.165, 1.54) is 13.5 Å². The smallest absolute Gasteiger partial charge is 0.334 e. The van der Waals surface area contributed by atoms with Gasteiger partial charge in [0.15, 0.2) is 6.10 Å². The average molecular weight is 215 g/mol. The molecule has 0 aliphatic heterocycles. The molecule has 0 spiro atoms. The van der Waals surface area contributed by atoms with Crippen molar-refractivity contribution in [3.63, 3.8) is 0 Å². The van der Waals surface area contributed by atoms with Gasteiger partial charge in [0.05, 0.1) is 13.2 Å². The van der Waals surface area contributed by atoms with Gasteiger partial charge in [-0.2, -0.15) is 0 Å². The monoisotopic (exact) mass is 215 g/mol. The van der Waals surface area contributed by atoms with Crippen LogP contribution in [0.5, 0.6) is 0 Å². The summed E-state index contributed by atoms with van der Waals surface area (Å²) in [6.07, 6.45) is 4.13. The predicted molar refractivity (Wildman–Crippen MR) is 57.4 cm³/mol. The van der Waals surface area contributed by atoms with Crippen LogP contribution >= 0.6 is 0 Å². The Morgan fingerprint density at radius 2 is 2.13 bits per heavy atom. The van der Waals surface area contributed by atoms with Gasteiger partial charge < -0.3 is 15.2 Å². The molecule has 0 saturated heterocycles. The maximum Gasteiger partial charge on any atom is 0.334 e. The van der Waals surface area contributed by atoms with E-state index in [4.69, 9.17) is 10.5 Å². The van der Waals surface area contributed by atoms with Crippen LogP contribution in [0.3, 0.4) is 0 Å². The highest BCUT2D eigenvalue weighted by atomic mass is 16.6. The van der Waals surface area contributed by atoms with Crippen molar-refractivity contribution in [1.82, 2.24) is 0 Å². The molecule has 1 rings (SSSR count). The lowest BCUT2D eigenvalue weighted by Crippen LogP contribution is -2.37. The van der Waals surface area contributed by atoms with E-state index in [1.807, 2.05) is 0 Å². The molecule has 4 heteroatoms. The maximum atomic E-state index is 11.2. The van der Waals surface area contributed by atoms with Crippen molar-refractivity contribution in [3.05, 3.63) is 0 Å². The fourth-order valence-electron chi connectivity index (χ4n) is 2.11. The summed E-state index contributed by atoms with van der Waals surface area (Å²) in [6, 6.07) is 0. The number of hydrogen-bond acceptors (Lipinski definition) is 4. The van der Waals surface area contributed by atoms with Crippen molar-refractivity contribution in [2.24, 2.45) is 11.7 Å². The normalized spacial score (nSPS) is 28.5. The molecule has 0 radical (unpaired) electrons. The van der Waals surface area contributed by atoms with Crippen molar-refractivity contribution in [1.29, 1.82) is 0 Å². The third kappa shape index (κ3) is 3.47. The second-order valence-electron chi connectivity index (χ2n) is 4.12. The molecule has 15 heavy (non-hydrogen) atoms. The van der Waals surface area contributed by atoms with Crippen molar-refractivity contribution >= 4 is 5.97 Å². The maximum absolute atomic E-state index is 11.2. The van der Waals surface area contributed by atoms with E-state index in [9.17, 15) is 4.79 Å². The summed E-state index contributed by atoms with van der Waals surface area (Å²) >= 11 is 0. The van der Waals surface area contributed by atoms with Gasteiger partial charge in [-0.05, 0) is 32.2 Å². The predicted octanol–water partition coefficient (Wildman–Crippen LogP) is 1.08. The van der Waals surface area contributed by atoms with E-state index in [-0.39, 0.29) is 12.1 Å². The molecule has 0 aromatic heterocycles. The zero-order chi connectivity index (χ0) is 11.3. The van der Waals surface area contributed by atoms with Gasteiger partial charge in [0.2, 0.25) is 0 Å². The van der Waals surface area contributed by atoms with Gasteiger partial charge in [-0.1, -0.05) is 12.8 Å². The first kappa shape index (κ1) is 12.5. The molecule has 0 amide bonds. The van der Waals surface area contributed by atoms with Crippen LogP contribution in [0.15, 0.2) is 0 Å². The van der Waals surface area contributed by atoms with Crippen LogP contribution in [-0.2, 0) is 14.3 Å². The van der Waals surface area contributed by atoms with Gasteiger partial charge in [-0.3, -0.25) is 0 Å². The summed E-state index contributed by atoms with van der Waals surface area (Å²) in [5.74, 6) is 0.0854. The Kier molecular flexibility index (Phi) is 5.05. The standard InChI is InChI=1S/C11H21NO3/c1-8(11(13)14-2)15-10-6-4-3-5-9(10)7-12/h8-10H,3-7,12H2,1-2H3. The van der Waals surface area contributed by atoms with Crippen molar-refractivity contribution < 1.29 is 14.3 Å². The van der Waals surface area contributed by atoms with Crippen LogP contribution in [0.1, 0.15) is 32.6 Å². The van der Waals surface area contributed by atoms with Gasteiger partial charge in [-0.25, -0.2) is 4.79 Å². The second kappa shape index (κ2) is 6.08. The summed E-state index contributed by atoms with van der Waals surface area (Å²) in [4.78, 5) is 11.2. The largest absolute Gasteiger partial charge is 0.467 e. The first-order chi connectivity index (χ1) is 7.19. The molecule has 0 aromatic carbocycles. The molecule has 1 fully saturated rings. The number of carbonyl (C=O) groups is 1. The molecule has 0 aromatic rings. The summed E-state index contributed by atoms with van der Waals surface area (Å²) in [6.45, 7) is 2.37. The van der Waals surface area contributed by atoms with Crippen molar-refractivity contribution in [2.75, 3.05) is 13.7 Å². The molecule has 3 unspecified atom stereocenters. The molecular formula is C11H21NO3. The van der Waals surface area contributed by atoms with Crippen molar-refractivity contribution in [3.8, 4) is 0 Å². The van der Waals surface area contributed by atoms with Gasteiger partial charge in [0, 0.05) is 0 Å². The van der Waals surface area contributed by atoms with Gasteiger partial charge >= 0.3 is 5.97 Å². The molecule has 0 heterocycles. The molecule has 0 bridgehead atoms. The molecule has 3 atom stereocenters. The summed E-state index contributed by atoms with van der Waals surface area (Å²) < 4.78 is 10.3. The zero-order valence-corrected chi connectivity index (χ0v) is 9.57. The van der Waals surface area contributed by atoms with Gasteiger partial charge in [-0.15, -0.1) is 0 Å². The number of carbonyl (C=O) groups excluding carboxylic acids is 1. The number of ether oxygens (including phenoxy) is 2. The van der Waals surface area contributed by atoms with Crippen LogP contribution in [0.4, 0.5) is 0 Å². The Bertz CT molecular complexity index is 208. The highest BCUT2D eigenvalue weighted by Gasteiger charge is 2.28. The van der Waals surface area contributed by atoms with Gasteiger partial charge in [0.1, 0.15) is 0 Å². The van der Waals surface area contributed by atoms with Crippen LogP contribution in [-0.4, -0.2) is 31.8 Å². The Morgan fingerprint density at radius 3 is 2.73 bits per heavy atom. The van der Waals surface area contributed by atoms with Crippen LogP contribution in [0, 0.1) is 5.92 Å². The molecule has 1 aliphatic carbocycles. The SMILES string of the molecule is COC(=O)C(C)OC1CCCCC1CN. The van der Waals surface area contributed by atoms with Crippen LogP contribution < -0.4 is 5.73 Å². The van der Waals surface area contributed by atoms with E-state index in [0.29, 0.717) is 12.5 Å². The van der Waals surface area contributed by atoms with Crippen molar-refractivity contribution in [2.45, 2.75) is 44.8 Å². The fourth-order valence-corrected chi connectivity index (χ4v) is 2.11. The summed E-state index contributed by atoms with van der Waals surface area (Å²) in [5.41, 5.74) is 5.68. The number of hydrogen-bond donors (Lipinski definition) is 1.